The number of hydrogen-bond donors (Lipinski definition) is 2. The van der Waals surface area contributed by atoms with Crippen molar-refractivity contribution < 1.29 is 24.5 Å². The van der Waals surface area contributed by atoms with E-state index < -0.39 is 24.1 Å². The van der Waals surface area contributed by atoms with Gasteiger partial charge in [-0.1, -0.05) is 0 Å². The first-order chi connectivity index (χ1) is 5.10. The predicted molar refractivity (Wildman–Crippen MR) is 32.8 cm³/mol. The molecule has 1 atom stereocenters. The first-order valence-corrected chi connectivity index (χ1v) is 3.17. The number of carboxylic acids is 1. The molecular weight excluding hydrogens is 152 g/mol. The molecule has 2 N–H and O–H groups in total. The number of cyclic esters (lactones) is 1. The summed E-state index contributed by atoms with van der Waals surface area (Å²) in [5.74, 6) is -1.85. The highest BCUT2D eigenvalue weighted by Gasteiger charge is 2.47. The summed E-state index contributed by atoms with van der Waals surface area (Å²) in [4.78, 5) is 21.0. The Morgan fingerprint density at radius 1 is 1.73 bits per heavy atom. The summed E-state index contributed by atoms with van der Waals surface area (Å²) in [5.41, 5.74) is -1.67. The van der Waals surface area contributed by atoms with Crippen molar-refractivity contribution in [3.05, 3.63) is 0 Å². The number of carbonyl (C=O) groups is 2. The Labute approximate surface area is 62.6 Å². The molecule has 0 amide bonds. The maximum Gasteiger partial charge on any atom is 0.350 e. The first-order valence-electron chi connectivity index (χ1n) is 3.17. The normalized spacial score (nSPS) is 30.1. The Bertz CT molecular complexity index is 199. The molecule has 5 heteroatoms. The first kappa shape index (κ1) is 8.00. The van der Waals surface area contributed by atoms with E-state index in [1.54, 1.807) is 0 Å². The molecule has 0 aromatic heterocycles. The lowest BCUT2D eigenvalue weighted by Crippen LogP contribution is -2.41. The van der Waals surface area contributed by atoms with E-state index in [2.05, 4.69) is 4.74 Å². The van der Waals surface area contributed by atoms with E-state index >= 15 is 0 Å². The van der Waals surface area contributed by atoms with Crippen molar-refractivity contribution in [1.82, 2.24) is 0 Å². The zero-order valence-corrected chi connectivity index (χ0v) is 5.74. The highest BCUT2D eigenvalue weighted by atomic mass is 16.6. The Kier molecular flexibility index (Phi) is 1.82. The molecule has 1 fully saturated rings. The molecule has 1 unspecified atom stereocenters. The largest absolute Gasteiger partial charge is 0.478 e. The second-order valence-electron chi connectivity index (χ2n) is 2.43. The second kappa shape index (κ2) is 2.50. The van der Waals surface area contributed by atoms with Gasteiger partial charge in [0.2, 0.25) is 5.60 Å². The maximum atomic E-state index is 10.5. The van der Waals surface area contributed by atoms with Crippen LogP contribution in [0.15, 0.2) is 0 Å². The average molecular weight is 160 g/mol. The van der Waals surface area contributed by atoms with Crippen LogP contribution in [0.5, 0.6) is 0 Å². The third kappa shape index (κ3) is 1.19. The number of rotatable bonds is 2. The average Bonchev–Trinajstić information content (AvgIpc) is 2.33. The van der Waals surface area contributed by atoms with Crippen molar-refractivity contribution in [1.29, 1.82) is 0 Å². The fourth-order valence-corrected chi connectivity index (χ4v) is 0.953. The quantitative estimate of drug-likeness (QED) is 0.513. The molecule has 1 heterocycles. The molecule has 5 nitrogen and oxygen atoms in total. The van der Waals surface area contributed by atoms with Gasteiger partial charge in [0.1, 0.15) is 0 Å². The van der Waals surface area contributed by atoms with E-state index in [-0.39, 0.29) is 12.8 Å². The Balaban J connectivity index is 2.78. The molecule has 0 bridgehead atoms. The Hall–Kier alpha value is -1.10. The van der Waals surface area contributed by atoms with E-state index in [1.165, 1.54) is 0 Å². The molecule has 1 aliphatic heterocycles. The molecule has 62 valence electrons. The summed E-state index contributed by atoms with van der Waals surface area (Å²) in [6.07, 6.45) is 0.116. The zero-order chi connectivity index (χ0) is 8.48. The van der Waals surface area contributed by atoms with Crippen LogP contribution in [-0.4, -0.2) is 34.4 Å². The molecule has 11 heavy (non-hydrogen) atoms. The lowest BCUT2D eigenvalue weighted by atomic mass is 10.0. The summed E-state index contributed by atoms with van der Waals surface area (Å²) < 4.78 is 4.47. The van der Waals surface area contributed by atoms with Crippen LogP contribution in [0.3, 0.4) is 0 Å². The molecule has 0 aromatic carbocycles. The Morgan fingerprint density at radius 2 is 2.36 bits per heavy atom. The van der Waals surface area contributed by atoms with Gasteiger partial charge in [-0.2, -0.15) is 0 Å². The standard InChI is InChI=1S/C6H8O5/c7-3-6(5(9)10)2-1-4(8)11-6/h7H,1-3H2,(H,9,10). The van der Waals surface area contributed by atoms with Crippen molar-refractivity contribution in [3.8, 4) is 0 Å². The van der Waals surface area contributed by atoms with Gasteiger partial charge in [-0.05, 0) is 0 Å². The topological polar surface area (TPSA) is 83.8 Å². The number of hydrogen-bond acceptors (Lipinski definition) is 4. The lowest BCUT2D eigenvalue weighted by Gasteiger charge is -2.18. The number of aliphatic hydroxyl groups excluding tert-OH is 1. The predicted octanol–water partition coefficient (Wildman–Crippen LogP) is -0.861. The molecule has 1 saturated heterocycles. The number of aliphatic carboxylic acids is 1. The van der Waals surface area contributed by atoms with Crippen molar-refractivity contribution in [2.45, 2.75) is 18.4 Å². The van der Waals surface area contributed by atoms with Gasteiger partial charge in [0.05, 0.1) is 13.0 Å². The van der Waals surface area contributed by atoms with Crippen LogP contribution < -0.4 is 0 Å². The van der Waals surface area contributed by atoms with E-state index in [4.69, 9.17) is 10.2 Å². The fourth-order valence-electron chi connectivity index (χ4n) is 0.953. The molecule has 0 aliphatic carbocycles. The Morgan fingerprint density at radius 3 is 2.55 bits per heavy atom. The second-order valence-corrected chi connectivity index (χ2v) is 2.43. The number of carboxylic acid groups (broad SMARTS) is 1. The summed E-state index contributed by atoms with van der Waals surface area (Å²) in [6, 6.07) is 0. The van der Waals surface area contributed by atoms with Gasteiger partial charge in [-0.15, -0.1) is 0 Å². The molecule has 0 radical (unpaired) electrons. The van der Waals surface area contributed by atoms with Crippen LogP contribution >= 0.6 is 0 Å². The van der Waals surface area contributed by atoms with Gasteiger partial charge in [-0.3, -0.25) is 4.79 Å². The van der Waals surface area contributed by atoms with Gasteiger partial charge in [0.25, 0.3) is 0 Å². The van der Waals surface area contributed by atoms with E-state index in [0.717, 1.165) is 0 Å². The van der Waals surface area contributed by atoms with E-state index in [1.807, 2.05) is 0 Å². The summed E-state index contributed by atoms with van der Waals surface area (Å²) in [7, 11) is 0. The highest BCUT2D eigenvalue weighted by molar-refractivity contribution is 5.85. The van der Waals surface area contributed by atoms with Crippen LogP contribution in [0, 0.1) is 0 Å². The van der Waals surface area contributed by atoms with Crippen LogP contribution in [0.25, 0.3) is 0 Å². The van der Waals surface area contributed by atoms with Crippen molar-refractivity contribution in [3.63, 3.8) is 0 Å². The third-order valence-electron chi connectivity index (χ3n) is 1.69. The molecule has 0 saturated carbocycles. The zero-order valence-electron chi connectivity index (χ0n) is 5.74. The maximum absolute atomic E-state index is 10.5. The van der Waals surface area contributed by atoms with Gasteiger partial charge < -0.3 is 14.9 Å². The summed E-state index contributed by atoms with van der Waals surface area (Å²) in [6.45, 7) is -0.659. The van der Waals surface area contributed by atoms with Crippen molar-refractivity contribution in [2.24, 2.45) is 0 Å². The van der Waals surface area contributed by atoms with Crippen LogP contribution in [0.4, 0.5) is 0 Å². The monoisotopic (exact) mass is 160 g/mol. The van der Waals surface area contributed by atoms with Crippen molar-refractivity contribution in [2.75, 3.05) is 6.61 Å². The van der Waals surface area contributed by atoms with Gasteiger partial charge in [0, 0.05) is 6.42 Å². The minimum Gasteiger partial charge on any atom is -0.478 e. The number of ether oxygens (including phenoxy) is 1. The molecule has 0 aromatic rings. The van der Waals surface area contributed by atoms with E-state index in [0.29, 0.717) is 0 Å². The lowest BCUT2D eigenvalue weighted by molar-refractivity contribution is -0.173. The molecule has 0 spiro atoms. The van der Waals surface area contributed by atoms with E-state index in [9.17, 15) is 9.59 Å². The molecule has 1 aliphatic rings. The van der Waals surface area contributed by atoms with Gasteiger partial charge in [-0.25, -0.2) is 4.79 Å². The minimum absolute atomic E-state index is 0.0532. The molecular formula is C6H8O5. The fraction of sp³-hybridized carbons (Fsp3) is 0.667. The van der Waals surface area contributed by atoms with Gasteiger partial charge >= 0.3 is 11.9 Å². The molecule has 1 rings (SSSR count). The van der Waals surface area contributed by atoms with Crippen LogP contribution in [0.1, 0.15) is 12.8 Å². The van der Waals surface area contributed by atoms with Crippen LogP contribution in [0.2, 0.25) is 0 Å². The van der Waals surface area contributed by atoms with Gasteiger partial charge in [0.15, 0.2) is 0 Å². The highest BCUT2D eigenvalue weighted by Crippen LogP contribution is 2.26. The number of aliphatic hydroxyl groups is 1. The van der Waals surface area contributed by atoms with Crippen molar-refractivity contribution >= 4 is 11.9 Å². The third-order valence-corrected chi connectivity index (χ3v) is 1.69. The minimum atomic E-state index is -1.67. The number of esters is 1. The summed E-state index contributed by atoms with van der Waals surface area (Å²) >= 11 is 0. The SMILES string of the molecule is O=C1CCC(CO)(C(=O)O)O1. The summed E-state index contributed by atoms with van der Waals surface area (Å²) in [5, 5.41) is 17.2. The number of carbonyl (C=O) groups excluding carboxylic acids is 1. The smallest absolute Gasteiger partial charge is 0.350 e. The van der Waals surface area contributed by atoms with Crippen LogP contribution in [-0.2, 0) is 14.3 Å².